The minimum absolute atomic E-state index is 0.0218. The summed E-state index contributed by atoms with van der Waals surface area (Å²) < 4.78 is 7.22. The third-order valence-corrected chi connectivity index (χ3v) is 18.9. The molecule has 4 heteroatoms. The van der Waals surface area contributed by atoms with Crippen molar-refractivity contribution in [3.8, 4) is 11.1 Å². The molecule has 358 valence electrons. The molecular formula is C67H71BN2O. The molecule has 0 amide bonds. The number of benzene rings is 7. The number of furan rings is 1. The molecule has 0 saturated heterocycles. The zero-order chi connectivity index (χ0) is 49.7. The van der Waals surface area contributed by atoms with E-state index in [1.54, 1.807) is 0 Å². The highest BCUT2D eigenvalue weighted by molar-refractivity contribution is 7.00. The van der Waals surface area contributed by atoms with Crippen molar-refractivity contribution in [3.63, 3.8) is 0 Å². The highest BCUT2D eigenvalue weighted by Crippen LogP contribution is 2.56. The number of rotatable bonds is 3. The van der Waals surface area contributed by atoms with Gasteiger partial charge < -0.3 is 14.2 Å². The van der Waals surface area contributed by atoms with Crippen LogP contribution in [-0.4, -0.2) is 6.71 Å². The molecule has 71 heavy (non-hydrogen) atoms. The lowest BCUT2D eigenvalue weighted by Gasteiger charge is -2.46. The summed E-state index contributed by atoms with van der Waals surface area (Å²) in [5.74, 6) is 0. The summed E-state index contributed by atoms with van der Waals surface area (Å²) in [6, 6.07) is 45.5. The minimum Gasteiger partial charge on any atom is -0.456 e. The van der Waals surface area contributed by atoms with E-state index >= 15 is 0 Å². The van der Waals surface area contributed by atoms with Crippen molar-refractivity contribution < 1.29 is 4.42 Å². The summed E-state index contributed by atoms with van der Waals surface area (Å²) in [6.45, 7) is 34.1. The average molecular weight is 931 g/mol. The van der Waals surface area contributed by atoms with Crippen LogP contribution in [0.1, 0.15) is 160 Å². The fourth-order valence-electron chi connectivity index (χ4n) is 14.9. The van der Waals surface area contributed by atoms with E-state index in [1.807, 2.05) is 0 Å². The molecule has 7 aromatic carbocycles. The molecule has 5 aliphatic rings. The summed E-state index contributed by atoms with van der Waals surface area (Å²) in [5.41, 5.74) is 27.8. The number of para-hydroxylation sites is 1. The van der Waals surface area contributed by atoms with Gasteiger partial charge in [-0.25, -0.2) is 0 Å². The molecule has 3 aliphatic carbocycles. The Morgan fingerprint density at radius 2 is 0.873 bits per heavy atom. The first-order valence-corrected chi connectivity index (χ1v) is 26.7. The van der Waals surface area contributed by atoms with Crippen LogP contribution in [-0.2, 0) is 32.5 Å². The average Bonchev–Trinajstić information content (AvgIpc) is 3.75. The molecule has 0 atom stereocenters. The van der Waals surface area contributed by atoms with Gasteiger partial charge in [0, 0.05) is 44.8 Å². The molecule has 0 N–H and O–H groups in total. The van der Waals surface area contributed by atoms with Crippen LogP contribution in [0.5, 0.6) is 0 Å². The Hall–Kier alpha value is -6.00. The molecule has 0 spiro atoms. The van der Waals surface area contributed by atoms with Gasteiger partial charge in [0.15, 0.2) is 0 Å². The normalized spacial score (nSPS) is 20.0. The first-order chi connectivity index (χ1) is 33.5. The van der Waals surface area contributed by atoms with Gasteiger partial charge in [-0.3, -0.25) is 0 Å². The molecule has 0 radical (unpaired) electrons. The van der Waals surface area contributed by atoms with Crippen molar-refractivity contribution in [1.82, 2.24) is 0 Å². The number of nitrogens with zero attached hydrogens (tertiary/aromatic N) is 2. The van der Waals surface area contributed by atoms with Gasteiger partial charge in [0.1, 0.15) is 11.2 Å². The van der Waals surface area contributed by atoms with Crippen LogP contribution in [0.25, 0.3) is 33.1 Å². The Balaban J connectivity index is 1.16. The lowest BCUT2D eigenvalue weighted by Crippen LogP contribution is -2.61. The van der Waals surface area contributed by atoms with E-state index in [-0.39, 0.29) is 39.2 Å². The van der Waals surface area contributed by atoms with Gasteiger partial charge in [0.25, 0.3) is 6.71 Å². The van der Waals surface area contributed by atoms with E-state index in [0.29, 0.717) is 0 Å². The summed E-state index contributed by atoms with van der Waals surface area (Å²) in [6.07, 6.45) is 5.81. The molecule has 3 nitrogen and oxygen atoms in total. The molecule has 0 bridgehead atoms. The number of anilines is 6. The highest BCUT2D eigenvalue weighted by atomic mass is 16.3. The van der Waals surface area contributed by atoms with Crippen molar-refractivity contribution in [2.24, 2.45) is 0 Å². The summed E-state index contributed by atoms with van der Waals surface area (Å²) in [5, 5.41) is 2.40. The Kier molecular flexibility index (Phi) is 9.08. The first-order valence-electron chi connectivity index (χ1n) is 26.7. The molecular weight excluding hydrogens is 860 g/mol. The van der Waals surface area contributed by atoms with Crippen molar-refractivity contribution in [2.45, 2.75) is 162 Å². The third kappa shape index (κ3) is 6.34. The van der Waals surface area contributed by atoms with Gasteiger partial charge in [-0.15, -0.1) is 0 Å². The largest absolute Gasteiger partial charge is 0.456 e. The van der Waals surface area contributed by atoms with E-state index in [1.165, 1.54) is 143 Å². The van der Waals surface area contributed by atoms with Crippen LogP contribution < -0.4 is 26.2 Å². The molecule has 8 aromatic rings. The minimum atomic E-state index is -0.0382. The van der Waals surface area contributed by atoms with Gasteiger partial charge in [-0.2, -0.15) is 0 Å². The SMILES string of the molecule is Cc1cc2c3c(c1)N(c1ccccc1-c1ccccc1)c1cc4c(cc1B3c1cc3c(cc1N2c1cc2c(cc1C)C(C)(C)CCC2(C)C)C(C)(C)CC3(C)C)oc1cc2c(cc14)C(C)(C)CCC2(C)C. The fourth-order valence-corrected chi connectivity index (χ4v) is 14.9. The van der Waals surface area contributed by atoms with Crippen LogP contribution in [0, 0.1) is 13.8 Å². The molecule has 0 fully saturated rings. The maximum atomic E-state index is 7.22. The maximum Gasteiger partial charge on any atom is 0.252 e. The Morgan fingerprint density at radius 1 is 0.408 bits per heavy atom. The third-order valence-electron chi connectivity index (χ3n) is 18.9. The second kappa shape index (κ2) is 14.4. The second-order valence-corrected chi connectivity index (χ2v) is 26.7. The van der Waals surface area contributed by atoms with Crippen LogP contribution in [0.3, 0.4) is 0 Å². The Bertz CT molecular complexity index is 3620. The Labute approximate surface area is 423 Å². The van der Waals surface area contributed by atoms with E-state index in [2.05, 4.69) is 222 Å². The molecule has 1 aromatic heterocycles. The molecule has 0 saturated carbocycles. The zero-order valence-electron chi connectivity index (χ0n) is 44.9. The molecule has 13 rings (SSSR count). The Morgan fingerprint density at radius 3 is 1.52 bits per heavy atom. The van der Waals surface area contributed by atoms with Crippen LogP contribution in [0.15, 0.2) is 120 Å². The number of hydrogen-bond donors (Lipinski definition) is 0. The number of aryl methyl sites for hydroxylation is 2. The van der Waals surface area contributed by atoms with Gasteiger partial charge in [-0.05, 0) is 199 Å². The monoisotopic (exact) mass is 931 g/mol. The zero-order valence-corrected chi connectivity index (χ0v) is 44.9. The molecule has 2 aliphatic heterocycles. The lowest BCUT2D eigenvalue weighted by molar-refractivity contribution is 0.332. The maximum absolute atomic E-state index is 7.22. The van der Waals surface area contributed by atoms with Crippen LogP contribution in [0.4, 0.5) is 34.1 Å². The standard InChI is InChI=1S/C67H71BN2O/c1-39-28-57-61-58(29-39)70(54-34-48-45(30-40(54)2)62(3,4)24-26-64(48,7)8)56-35-49-47(66(11,12)38-67(49,13)14)33-51(56)68(61)52-37-60-44(43-31-46-50(36-59(43)71-60)65(9,10)27-25-63(46,5)6)32-55(52)69(57)53-23-19-18-22-42(53)41-20-16-15-17-21-41/h15-23,28-37H,24-27,38H2,1-14H3. The van der Waals surface area contributed by atoms with E-state index in [4.69, 9.17) is 4.42 Å². The number of hydrogen-bond acceptors (Lipinski definition) is 3. The van der Waals surface area contributed by atoms with Crippen LogP contribution >= 0.6 is 0 Å². The van der Waals surface area contributed by atoms with E-state index in [0.717, 1.165) is 17.6 Å². The molecule has 0 unspecified atom stereocenters. The van der Waals surface area contributed by atoms with Crippen molar-refractivity contribution in [3.05, 3.63) is 160 Å². The number of fused-ring (bicyclic) bond motifs is 10. The van der Waals surface area contributed by atoms with Gasteiger partial charge in [0.2, 0.25) is 0 Å². The fraction of sp³-hybridized carbons (Fsp3) is 0.373. The van der Waals surface area contributed by atoms with Crippen molar-refractivity contribution >= 4 is 79.2 Å². The lowest BCUT2D eigenvalue weighted by atomic mass is 9.33. The van der Waals surface area contributed by atoms with Crippen molar-refractivity contribution in [2.75, 3.05) is 9.80 Å². The topological polar surface area (TPSA) is 19.6 Å². The van der Waals surface area contributed by atoms with Gasteiger partial charge in [-0.1, -0.05) is 144 Å². The summed E-state index contributed by atoms with van der Waals surface area (Å²) >= 11 is 0. The molecule has 3 heterocycles. The quantitative estimate of drug-likeness (QED) is 0.165. The van der Waals surface area contributed by atoms with E-state index in [9.17, 15) is 0 Å². The first kappa shape index (κ1) is 44.9. The van der Waals surface area contributed by atoms with E-state index < -0.39 is 0 Å². The summed E-state index contributed by atoms with van der Waals surface area (Å²) in [4.78, 5) is 5.35. The highest BCUT2D eigenvalue weighted by Gasteiger charge is 2.49. The summed E-state index contributed by atoms with van der Waals surface area (Å²) in [7, 11) is 0. The second-order valence-electron chi connectivity index (χ2n) is 26.7. The smallest absolute Gasteiger partial charge is 0.252 e. The van der Waals surface area contributed by atoms with Gasteiger partial charge >= 0.3 is 0 Å². The van der Waals surface area contributed by atoms with Crippen LogP contribution in [0.2, 0.25) is 0 Å². The predicted molar refractivity (Wildman–Crippen MR) is 304 cm³/mol. The predicted octanol–water partition coefficient (Wildman–Crippen LogP) is 16.6. The van der Waals surface area contributed by atoms with Crippen molar-refractivity contribution in [1.29, 1.82) is 0 Å². The van der Waals surface area contributed by atoms with Gasteiger partial charge in [0.05, 0.1) is 5.69 Å².